The molecule has 11 rings (SSSR count). The number of hydrogen-bond acceptors (Lipinski definition) is 3. The molecule has 3 heteroatoms. The maximum Gasteiger partial charge on any atom is 0.160 e. The third kappa shape index (κ3) is 5.66. The van der Waals surface area contributed by atoms with Gasteiger partial charge < -0.3 is 4.42 Å². The Labute approximate surface area is 338 Å². The van der Waals surface area contributed by atoms with E-state index in [-0.39, 0.29) is 5.41 Å². The molecule has 0 amide bonds. The van der Waals surface area contributed by atoms with Crippen LogP contribution in [0.15, 0.2) is 199 Å². The van der Waals surface area contributed by atoms with Gasteiger partial charge in [-0.05, 0) is 68.3 Å². The zero-order chi connectivity index (χ0) is 38.8. The lowest BCUT2D eigenvalue weighted by molar-refractivity contribution is 0.660. The van der Waals surface area contributed by atoms with E-state index >= 15 is 0 Å². The van der Waals surface area contributed by atoms with Gasteiger partial charge in [0, 0.05) is 38.4 Å². The highest BCUT2D eigenvalue weighted by atomic mass is 16.3. The van der Waals surface area contributed by atoms with Crippen molar-refractivity contribution < 1.29 is 4.42 Å². The molecule has 0 spiro atoms. The molecule has 0 fully saturated rings. The number of fused-ring (bicyclic) bond motifs is 6. The molecule has 0 radical (unpaired) electrons. The lowest BCUT2D eigenvalue weighted by Gasteiger charge is -2.22. The average Bonchev–Trinajstić information content (AvgIpc) is 3.78. The van der Waals surface area contributed by atoms with E-state index in [0.717, 1.165) is 72.3 Å². The van der Waals surface area contributed by atoms with Crippen LogP contribution in [0.25, 0.3) is 100 Å². The third-order valence-electron chi connectivity index (χ3n) is 12.0. The number of benzene rings is 8. The number of rotatable bonds is 6. The lowest BCUT2D eigenvalue weighted by atomic mass is 9.81. The Morgan fingerprint density at radius 1 is 0.362 bits per heavy atom. The summed E-state index contributed by atoms with van der Waals surface area (Å²) in [5.41, 5.74) is 19.0. The molecule has 8 aromatic carbocycles. The van der Waals surface area contributed by atoms with E-state index in [1.165, 1.54) is 33.4 Å². The van der Waals surface area contributed by atoms with E-state index < -0.39 is 0 Å². The van der Waals surface area contributed by atoms with E-state index in [1.807, 2.05) is 30.3 Å². The maximum absolute atomic E-state index is 6.32. The van der Waals surface area contributed by atoms with E-state index in [1.54, 1.807) is 0 Å². The van der Waals surface area contributed by atoms with Crippen molar-refractivity contribution in [3.05, 3.63) is 205 Å². The second kappa shape index (κ2) is 13.4. The van der Waals surface area contributed by atoms with Crippen molar-refractivity contribution in [2.75, 3.05) is 0 Å². The Morgan fingerprint density at radius 2 is 0.879 bits per heavy atom. The third-order valence-corrected chi connectivity index (χ3v) is 12.0. The monoisotopic (exact) mass is 742 g/mol. The van der Waals surface area contributed by atoms with Crippen molar-refractivity contribution in [3.63, 3.8) is 0 Å². The van der Waals surface area contributed by atoms with Gasteiger partial charge in [-0.3, -0.25) is 0 Å². The van der Waals surface area contributed by atoms with Crippen LogP contribution in [-0.4, -0.2) is 9.97 Å². The Bertz CT molecular complexity index is 3160. The number of aromatic nitrogens is 2. The largest absolute Gasteiger partial charge is 0.455 e. The molecule has 0 aliphatic heterocycles. The van der Waals surface area contributed by atoms with Gasteiger partial charge in [-0.1, -0.05) is 190 Å². The van der Waals surface area contributed by atoms with Crippen molar-refractivity contribution in [3.8, 4) is 78.4 Å². The first kappa shape index (κ1) is 33.9. The topological polar surface area (TPSA) is 38.9 Å². The molecule has 1 aliphatic carbocycles. The smallest absolute Gasteiger partial charge is 0.160 e. The maximum atomic E-state index is 6.32. The molecule has 0 atom stereocenters. The highest BCUT2D eigenvalue weighted by molar-refractivity contribution is 6.09. The number of para-hydroxylation sites is 2. The Hall–Kier alpha value is -7.36. The Kier molecular flexibility index (Phi) is 7.84. The predicted octanol–water partition coefficient (Wildman–Crippen LogP) is 14.7. The molecule has 10 aromatic rings. The Balaban J connectivity index is 0.898. The molecule has 3 nitrogen and oxygen atoms in total. The molecular weight excluding hydrogens is 705 g/mol. The molecule has 0 saturated carbocycles. The minimum atomic E-state index is -0.0393. The van der Waals surface area contributed by atoms with E-state index in [4.69, 9.17) is 14.4 Å². The number of furan rings is 1. The molecule has 2 heterocycles. The molecule has 2 aromatic heterocycles. The van der Waals surface area contributed by atoms with Crippen LogP contribution in [0.3, 0.4) is 0 Å². The average molecular weight is 743 g/mol. The van der Waals surface area contributed by atoms with Gasteiger partial charge in [0.15, 0.2) is 5.82 Å². The van der Waals surface area contributed by atoms with Gasteiger partial charge in [-0.25, -0.2) is 9.97 Å². The predicted molar refractivity (Wildman–Crippen MR) is 239 cm³/mol. The van der Waals surface area contributed by atoms with Crippen LogP contribution >= 0.6 is 0 Å². The standard InChI is InChI=1S/C55H38N2O/c1-55(2)48-17-8-6-13-44(48)45-32-31-42(33-49(45)55)37-23-29-40(30-24-37)51-34-50(56-54(57-51)41-11-4-3-5-12-41)39-27-21-36(22-28-39)35-19-25-38(26-20-35)43-15-10-16-47-46-14-7-9-18-52(46)58-53(43)47/h3-34H,1-2H3. The van der Waals surface area contributed by atoms with Crippen molar-refractivity contribution in [1.82, 2.24) is 9.97 Å². The molecule has 58 heavy (non-hydrogen) atoms. The summed E-state index contributed by atoms with van der Waals surface area (Å²) < 4.78 is 6.32. The van der Waals surface area contributed by atoms with Gasteiger partial charge >= 0.3 is 0 Å². The van der Waals surface area contributed by atoms with Crippen molar-refractivity contribution in [1.29, 1.82) is 0 Å². The summed E-state index contributed by atoms with van der Waals surface area (Å²) in [5.74, 6) is 0.705. The fourth-order valence-electron chi connectivity index (χ4n) is 8.83. The second-order valence-corrected chi connectivity index (χ2v) is 15.8. The zero-order valence-corrected chi connectivity index (χ0v) is 32.3. The van der Waals surface area contributed by atoms with Crippen molar-refractivity contribution in [2.24, 2.45) is 0 Å². The molecule has 0 unspecified atom stereocenters. The number of hydrogen-bond donors (Lipinski definition) is 0. The summed E-state index contributed by atoms with van der Waals surface area (Å²) in [6.45, 7) is 4.66. The highest BCUT2D eigenvalue weighted by Crippen LogP contribution is 2.49. The molecule has 274 valence electrons. The minimum absolute atomic E-state index is 0.0393. The van der Waals surface area contributed by atoms with E-state index in [0.29, 0.717) is 5.82 Å². The van der Waals surface area contributed by atoms with Crippen LogP contribution in [0.5, 0.6) is 0 Å². The van der Waals surface area contributed by atoms with Gasteiger partial charge in [-0.15, -0.1) is 0 Å². The fraction of sp³-hybridized carbons (Fsp3) is 0.0545. The van der Waals surface area contributed by atoms with Crippen LogP contribution in [0, 0.1) is 0 Å². The summed E-state index contributed by atoms with van der Waals surface area (Å²) in [6.07, 6.45) is 0. The van der Waals surface area contributed by atoms with Crippen molar-refractivity contribution in [2.45, 2.75) is 19.3 Å². The van der Waals surface area contributed by atoms with Gasteiger partial charge in [0.25, 0.3) is 0 Å². The minimum Gasteiger partial charge on any atom is -0.455 e. The summed E-state index contributed by atoms with van der Waals surface area (Å²) >= 11 is 0. The van der Waals surface area contributed by atoms with E-state index in [9.17, 15) is 0 Å². The fourth-order valence-corrected chi connectivity index (χ4v) is 8.83. The van der Waals surface area contributed by atoms with Crippen LogP contribution < -0.4 is 0 Å². The first-order valence-corrected chi connectivity index (χ1v) is 19.9. The van der Waals surface area contributed by atoms with Gasteiger partial charge in [0.2, 0.25) is 0 Å². The lowest BCUT2D eigenvalue weighted by Crippen LogP contribution is -2.14. The van der Waals surface area contributed by atoms with Crippen LogP contribution in [-0.2, 0) is 5.41 Å². The van der Waals surface area contributed by atoms with Gasteiger partial charge in [0.05, 0.1) is 11.4 Å². The Morgan fingerprint density at radius 3 is 1.59 bits per heavy atom. The van der Waals surface area contributed by atoms with E-state index in [2.05, 4.69) is 178 Å². The molecule has 0 bridgehead atoms. The normalized spacial score (nSPS) is 12.8. The molecule has 0 saturated heterocycles. The first-order valence-electron chi connectivity index (χ1n) is 19.9. The quantitative estimate of drug-likeness (QED) is 0.170. The van der Waals surface area contributed by atoms with Crippen LogP contribution in [0.2, 0.25) is 0 Å². The SMILES string of the molecule is CC1(C)c2ccccc2-c2ccc(-c3ccc(-c4cc(-c5ccc(-c6ccc(-c7cccc8c7oc7ccccc78)cc6)cc5)nc(-c5ccccc5)n4)cc3)cc21. The summed E-state index contributed by atoms with van der Waals surface area (Å²) in [5, 5.41) is 2.28. The molecule has 0 N–H and O–H groups in total. The highest BCUT2D eigenvalue weighted by Gasteiger charge is 2.35. The second-order valence-electron chi connectivity index (χ2n) is 15.8. The summed E-state index contributed by atoms with van der Waals surface area (Å²) in [7, 11) is 0. The zero-order valence-electron chi connectivity index (χ0n) is 32.3. The summed E-state index contributed by atoms with van der Waals surface area (Å²) in [4.78, 5) is 10.2. The van der Waals surface area contributed by atoms with Gasteiger partial charge in [0.1, 0.15) is 11.2 Å². The van der Waals surface area contributed by atoms with Crippen molar-refractivity contribution >= 4 is 21.9 Å². The number of nitrogens with zero attached hydrogens (tertiary/aromatic N) is 2. The van der Waals surface area contributed by atoms with Gasteiger partial charge in [-0.2, -0.15) is 0 Å². The van der Waals surface area contributed by atoms with Crippen LogP contribution in [0.1, 0.15) is 25.0 Å². The molecule has 1 aliphatic rings. The van der Waals surface area contributed by atoms with Crippen LogP contribution in [0.4, 0.5) is 0 Å². The first-order chi connectivity index (χ1) is 28.5. The summed E-state index contributed by atoms with van der Waals surface area (Å²) in [6, 6.07) is 68.9. The molecular formula is C55H38N2O.